The first-order valence-electron chi connectivity index (χ1n) is 6.52. The van der Waals surface area contributed by atoms with Crippen LogP contribution in [0.1, 0.15) is 52.4 Å². The molecule has 0 radical (unpaired) electrons. The lowest BCUT2D eigenvalue weighted by atomic mass is 9.82. The van der Waals surface area contributed by atoms with E-state index in [2.05, 4.69) is 12.2 Å². The molecule has 1 N–H and O–H groups in total. The first kappa shape index (κ1) is 13.5. The van der Waals surface area contributed by atoms with E-state index in [1.165, 1.54) is 32.1 Å². The Bertz CT molecular complexity index is 216. The lowest BCUT2D eigenvalue weighted by Crippen LogP contribution is -2.46. The molecule has 3 heteroatoms. The van der Waals surface area contributed by atoms with Gasteiger partial charge in [-0.25, -0.2) is 0 Å². The summed E-state index contributed by atoms with van der Waals surface area (Å²) in [7, 11) is 1.58. The van der Waals surface area contributed by atoms with Gasteiger partial charge in [0, 0.05) is 13.2 Å². The average Bonchev–Trinajstić information content (AvgIpc) is 2.31. The van der Waals surface area contributed by atoms with Crippen LogP contribution in [0.15, 0.2) is 0 Å². The molecule has 3 nitrogen and oxygen atoms in total. The first-order valence-corrected chi connectivity index (χ1v) is 6.52. The van der Waals surface area contributed by atoms with E-state index < -0.39 is 0 Å². The smallest absolute Gasteiger partial charge is 0.249 e. The van der Waals surface area contributed by atoms with Crippen LogP contribution in [-0.4, -0.2) is 25.2 Å². The van der Waals surface area contributed by atoms with Crippen LogP contribution in [0.2, 0.25) is 0 Å². The van der Waals surface area contributed by atoms with Gasteiger partial charge in [-0.2, -0.15) is 0 Å². The summed E-state index contributed by atoms with van der Waals surface area (Å²) in [5, 5.41) is 3.14. The second-order valence-electron chi connectivity index (χ2n) is 4.83. The number of hydrogen-bond donors (Lipinski definition) is 1. The SMILES string of the molecule is CCC[C@@H]1CCCC[C@H]1NC(=O)[C@@H](C)OC. The van der Waals surface area contributed by atoms with E-state index in [4.69, 9.17) is 4.74 Å². The van der Waals surface area contributed by atoms with Gasteiger partial charge in [0.1, 0.15) is 6.10 Å². The number of nitrogens with one attached hydrogen (secondary N) is 1. The van der Waals surface area contributed by atoms with Crippen LogP contribution in [0.25, 0.3) is 0 Å². The fourth-order valence-electron chi connectivity index (χ4n) is 2.52. The van der Waals surface area contributed by atoms with Crippen molar-refractivity contribution < 1.29 is 9.53 Å². The predicted molar refractivity (Wildman–Crippen MR) is 65.3 cm³/mol. The monoisotopic (exact) mass is 227 g/mol. The topological polar surface area (TPSA) is 38.3 Å². The zero-order valence-corrected chi connectivity index (χ0v) is 10.8. The van der Waals surface area contributed by atoms with Crippen LogP contribution >= 0.6 is 0 Å². The molecule has 0 bridgehead atoms. The summed E-state index contributed by atoms with van der Waals surface area (Å²) in [5.41, 5.74) is 0. The second-order valence-corrected chi connectivity index (χ2v) is 4.83. The van der Waals surface area contributed by atoms with Gasteiger partial charge in [-0.3, -0.25) is 4.79 Å². The number of amides is 1. The number of hydrogen-bond acceptors (Lipinski definition) is 2. The molecule has 94 valence electrons. The van der Waals surface area contributed by atoms with Crippen LogP contribution in [0.3, 0.4) is 0 Å². The summed E-state index contributed by atoms with van der Waals surface area (Å²) < 4.78 is 5.04. The highest BCUT2D eigenvalue weighted by Crippen LogP contribution is 2.28. The Labute approximate surface area is 98.9 Å². The number of methoxy groups -OCH3 is 1. The number of carbonyl (C=O) groups excluding carboxylic acids is 1. The van der Waals surface area contributed by atoms with Crippen molar-refractivity contribution in [1.82, 2.24) is 5.32 Å². The lowest BCUT2D eigenvalue weighted by molar-refractivity contribution is -0.131. The highest BCUT2D eigenvalue weighted by atomic mass is 16.5. The third-order valence-electron chi connectivity index (χ3n) is 3.62. The Kier molecular flexibility index (Phi) is 5.81. The maximum Gasteiger partial charge on any atom is 0.249 e. The van der Waals surface area contributed by atoms with Crippen LogP contribution in [0, 0.1) is 5.92 Å². The Hall–Kier alpha value is -0.570. The highest BCUT2D eigenvalue weighted by Gasteiger charge is 2.26. The Morgan fingerprint density at radius 3 is 2.75 bits per heavy atom. The molecule has 3 atom stereocenters. The Morgan fingerprint density at radius 2 is 2.12 bits per heavy atom. The van der Waals surface area contributed by atoms with Crippen molar-refractivity contribution in [1.29, 1.82) is 0 Å². The van der Waals surface area contributed by atoms with Gasteiger partial charge in [0.25, 0.3) is 0 Å². The average molecular weight is 227 g/mol. The molecule has 1 aliphatic rings. The van der Waals surface area contributed by atoms with Crippen molar-refractivity contribution in [2.24, 2.45) is 5.92 Å². The highest BCUT2D eigenvalue weighted by molar-refractivity contribution is 5.80. The molecule has 0 aromatic heterocycles. The number of carbonyl (C=O) groups is 1. The molecule has 0 aromatic rings. The summed E-state index contributed by atoms with van der Waals surface area (Å²) in [4.78, 5) is 11.8. The molecule has 1 aliphatic carbocycles. The molecule has 0 spiro atoms. The van der Waals surface area contributed by atoms with Crippen molar-refractivity contribution in [3.8, 4) is 0 Å². The summed E-state index contributed by atoms with van der Waals surface area (Å²) in [6.45, 7) is 4.01. The van der Waals surface area contributed by atoms with Gasteiger partial charge in [-0.05, 0) is 32.1 Å². The quantitative estimate of drug-likeness (QED) is 0.783. The van der Waals surface area contributed by atoms with Gasteiger partial charge in [0.05, 0.1) is 0 Å². The third-order valence-corrected chi connectivity index (χ3v) is 3.62. The van der Waals surface area contributed by atoms with Crippen LogP contribution in [-0.2, 0) is 9.53 Å². The largest absolute Gasteiger partial charge is 0.372 e. The Balaban J connectivity index is 2.45. The van der Waals surface area contributed by atoms with E-state index in [0.717, 1.165) is 6.42 Å². The summed E-state index contributed by atoms with van der Waals surface area (Å²) in [6, 6.07) is 0.374. The Morgan fingerprint density at radius 1 is 1.44 bits per heavy atom. The van der Waals surface area contributed by atoms with Gasteiger partial charge in [0.2, 0.25) is 5.91 Å². The van der Waals surface area contributed by atoms with Gasteiger partial charge in [0.15, 0.2) is 0 Å². The van der Waals surface area contributed by atoms with Crippen molar-refractivity contribution in [2.75, 3.05) is 7.11 Å². The lowest BCUT2D eigenvalue weighted by Gasteiger charge is -2.32. The molecule has 1 fully saturated rings. The van der Waals surface area contributed by atoms with Crippen LogP contribution in [0.5, 0.6) is 0 Å². The van der Waals surface area contributed by atoms with Crippen LogP contribution < -0.4 is 5.32 Å². The van der Waals surface area contributed by atoms with Gasteiger partial charge in [-0.1, -0.05) is 26.2 Å². The van der Waals surface area contributed by atoms with Crippen molar-refractivity contribution in [3.63, 3.8) is 0 Å². The predicted octanol–water partition coefficient (Wildman–Crippen LogP) is 2.50. The first-order chi connectivity index (χ1) is 7.69. The van der Waals surface area contributed by atoms with E-state index in [-0.39, 0.29) is 12.0 Å². The van der Waals surface area contributed by atoms with E-state index in [0.29, 0.717) is 12.0 Å². The molecular weight excluding hydrogens is 202 g/mol. The molecular formula is C13H25NO2. The van der Waals surface area contributed by atoms with Crippen LogP contribution in [0.4, 0.5) is 0 Å². The zero-order chi connectivity index (χ0) is 12.0. The molecule has 0 saturated heterocycles. The van der Waals surface area contributed by atoms with E-state index >= 15 is 0 Å². The van der Waals surface area contributed by atoms with Crippen molar-refractivity contribution in [2.45, 2.75) is 64.5 Å². The molecule has 1 amide bonds. The summed E-state index contributed by atoms with van der Waals surface area (Å²) >= 11 is 0. The molecule has 0 aliphatic heterocycles. The normalized spacial score (nSPS) is 27.4. The van der Waals surface area contributed by atoms with Crippen molar-refractivity contribution >= 4 is 5.91 Å². The maximum absolute atomic E-state index is 11.8. The number of rotatable bonds is 5. The third kappa shape index (κ3) is 3.78. The molecule has 16 heavy (non-hydrogen) atoms. The van der Waals surface area contributed by atoms with Gasteiger partial charge in [-0.15, -0.1) is 0 Å². The molecule has 0 unspecified atom stereocenters. The minimum absolute atomic E-state index is 0.0375. The molecule has 1 rings (SSSR count). The summed E-state index contributed by atoms with van der Waals surface area (Å²) in [6.07, 6.45) is 7.06. The second kappa shape index (κ2) is 6.89. The fraction of sp³-hybridized carbons (Fsp3) is 0.923. The standard InChI is InChI=1S/C13H25NO2/c1-4-7-11-8-5-6-9-12(11)14-13(15)10(2)16-3/h10-12H,4-9H2,1-3H3,(H,14,15)/t10-,11-,12-/m1/s1. The fourth-order valence-corrected chi connectivity index (χ4v) is 2.52. The van der Waals surface area contributed by atoms with Gasteiger partial charge < -0.3 is 10.1 Å². The molecule has 0 heterocycles. The van der Waals surface area contributed by atoms with E-state index in [1.807, 2.05) is 0 Å². The molecule has 1 saturated carbocycles. The van der Waals surface area contributed by atoms with E-state index in [1.54, 1.807) is 14.0 Å². The zero-order valence-electron chi connectivity index (χ0n) is 10.8. The maximum atomic E-state index is 11.8. The molecule has 0 aromatic carbocycles. The van der Waals surface area contributed by atoms with Gasteiger partial charge >= 0.3 is 0 Å². The summed E-state index contributed by atoms with van der Waals surface area (Å²) in [5.74, 6) is 0.710. The minimum Gasteiger partial charge on any atom is -0.372 e. The van der Waals surface area contributed by atoms with E-state index in [9.17, 15) is 4.79 Å². The van der Waals surface area contributed by atoms with Crippen molar-refractivity contribution in [3.05, 3.63) is 0 Å². The minimum atomic E-state index is -0.329. The number of ether oxygens (including phenoxy) is 1.